The molecule has 0 N–H and O–H groups in total. The number of alkyl halides is 2. The van der Waals surface area contributed by atoms with Crippen molar-refractivity contribution >= 4 is 0 Å². The lowest BCUT2D eigenvalue weighted by atomic mass is 10.1. The van der Waals surface area contributed by atoms with Crippen molar-refractivity contribution in [1.29, 1.82) is 0 Å². The highest BCUT2D eigenvalue weighted by molar-refractivity contribution is 4.66. The largest absolute Gasteiger partial charge is 0.424 e. The molecule has 0 saturated carbocycles. The average Bonchev–Trinajstić information content (AvgIpc) is 2.06. The topological polar surface area (TPSA) is 12.5 Å². The number of piperidine rings is 1. The van der Waals surface area contributed by atoms with Crippen LogP contribution < -0.4 is 0 Å². The number of ether oxygens (including phenoxy) is 1. The Hall–Kier alpha value is -0.220. The van der Waals surface area contributed by atoms with Crippen molar-refractivity contribution in [2.45, 2.75) is 25.5 Å². The third-order valence-electron chi connectivity index (χ3n) is 1.97. The number of rotatable bonds is 2. The maximum atomic E-state index is 12.7. The standard InChI is InChI=1S/C7H13F2NO/c1-11-7(8,9)10-5-3-2-4-6-10/h2-6H2,1H3. The van der Waals surface area contributed by atoms with E-state index in [9.17, 15) is 8.78 Å². The van der Waals surface area contributed by atoms with E-state index in [1.165, 1.54) is 0 Å². The summed E-state index contributed by atoms with van der Waals surface area (Å²) in [4.78, 5) is 1.08. The molecule has 0 radical (unpaired) electrons. The van der Waals surface area contributed by atoms with Gasteiger partial charge in [0, 0.05) is 20.2 Å². The zero-order chi connectivity index (χ0) is 8.32. The molecule has 11 heavy (non-hydrogen) atoms. The number of methoxy groups -OCH3 is 1. The third kappa shape index (κ3) is 2.10. The van der Waals surface area contributed by atoms with Gasteiger partial charge in [-0.25, -0.2) is 4.90 Å². The molecule has 1 aliphatic heterocycles. The van der Waals surface area contributed by atoms with E-state index in [1.807, 2.05) is 0 Å². The van der Waals surface area contributed by atoms with Gasteiger partial charge in [-0.05, 0) is 12.8 Å². The zero-order valence-electron chi connectivity index (χ0n) is 6.65. The molecule has 1 heterocycles. The van der Waals surface area contributed by atoms with Crippen molar-refractivity contribution in [2.24, 2.45) is 0 Å². The van der Waals surface area contributed by atoms with E-state index in [2.05, 4.69) is 4.74 Å². The molecule has 0 spiro atoms. The molecule has 0 aromatic heterocycles. The van der Waals surface area contributed by atoms with E-state index >= 15 is 0 Å². The quantitative estimate of drug-likeness (QED) is 0.577. The predicted octanol–water partition coefficient (Wildman–Crippen LogP) is 1.67. The van der Waals surface area contributed by atoms with Crippen LogP contribution in [0.4, 0.5) is 8.78 Å². The van der Waals surface area contributed by atoms with Gasteiger partial charge in [0.2, 0.25) is 0 Å². The second kappa shape index (κ2) is 3.45. The zero-order valence-corrected chi connectivity index (χ0v) is 6.65. The van der Waals surface area contributed by atoms with Crippen LogP contribution in [0.3, 0.4) is 0 Å². The first-order valence-electron chi connectivity index (χ1n) is 3.85. The molecule has 0 bridgehead atoms. The van der Waals surface area contributed by atoms with Gasteiger partial charge in [0.1, 0.15) is 0 Å². The van der Waals surface area contributed by atoms with Gasteiger partial charge in [0.05, 0.1) is 0 Å². The Bertz CT molecular complexity index is 124. The Balaban J connectivity index is 2.43. The summed E-state index contributed by atoms with van der Waals surface area (Å²) >= 11 is 0. The van der Waals surface area contributed by atoms with Gasteiger partial charge in [-0.3, -0.25) is 0 Å². The lowest BCUT2D eigenvalue weighted by molar-refractivity contribution is -0.317. The minimum absolute atomic E-state index is 0.445. The minimum Gasteiger partial charge on any atom is -0.310 e. The molecule has 2 nitrogen and oxygen atoms in total. The van der Waals surface area contributed by atoms with Gasteiger partial charge in [0.25, 0.3) is 0 Å². The highest BCUT2D eigenvalue weighted by Crippen LogP contribution is 2.24. The van der Waals surface area contributed by atoms with Crippen LogP contribution >= 0.6 is 0 Å². The maximum absolute atomic E-state index is 12.7. The van der Waals surface area contributed by atoms with Crippen LogP contribution in [0.2, 0.25) is 0 Å². The Kier molecular flexibility index (Phi) is 2.78. The number of hydrogen-bond acceptors (Lipinski definition) is 2. The highest BCUT2D eigenvalue weighted by atomic mass is 19.3. The second-order valence-corrected chi connectivity index (χ2v) is 2.74. The normalized spacial score (nSPS) is 22.1. The summed E-state index contributed by atoms with van der Waals surface area (Å²) in [6.07, 6.45) is -0.311. The lowest BCUT2D eigenvalue weighted by Gasteiger charge is -2.31. The molecule has 0 unspecified atom stereocenters. The van der Waals surface area contributed by atoms with Crippen LogP contribution in [0.5, 0.6) is 0 Å². The fraction of sp³-hybridized carbons (Fsp3) is 1.00. The molecule has 0 aromatic rings. The van der Waals surface area contributed by atoms with Crippen molar-refractivity contribution < 1.29 is 13.5 Å². The summed E-state index contributed by atoms with van der Waals surface area (Å²) in [5.41, 5.74) is 0. The first-order valence-corrected chi connectivity index (χ1v) is 3.85. The average molecular weight is 165 g/mol. The summed E-state index contributed by atoms with van der Waals surface area (Å²) < 4.78 is 29.6. The smallest absolute Gasteiger partial charge is 0.310 e. The SMILES string of the molecule is COC(F)(F)N1CCCCC1. The fourth-order valence-electron chi connectivity index (χ4n) is 1.28. The maximum Gasteiger partial charge on any atom is 0.424 e. The number of hydrogen-bond donors (Lipinski definition) is 0. The van der Waals surface area contributed by atoms with E-state index in [4.69, 9.17) is 0 Å². The second-order valence-electron chi connectivity index (χ2n) is 2.74. The molecule has 0 atom stereocenters. The molecule has 4 heteroatoms. The van der Waals surface area contributed by atoms with Crippen molar-refractivity contribution in [1.82, 2.24) is 4.90 Å². The summed E-state index contributed by atoms with van der Waals surface area (Å²) in [7, 11) is 1.04. The molecular weight excluding hydrogens is 152 g/mol. The summed E-state index contributed by atoms with van der Waals surface area (Å²) in [5.74, 6) is 0. The molecule has 1 aliphatic rings. The molecular formula is C7H13F2NO. The molecule has 66 valence electrons. The van der Waals surface area contributed by atoms with E-state index in [-0.39, 0.29) is 0 Å². The van der Waals surface area contributed by atoms with E-state index in [0.29, 0.717) is 13.1 Å². The van der Waals surface area contributed by atoms with Crippen LogP contribution in [0.1, 0.15) is 19.3 Å². The monoisotopic (exact) mass is 165 g/mol. The molecule has 1 rings (SSSR count). The third-order valence-corrected chi connectivity index (χ3v) is 1.97. The van der Waals surface area contributed by atoms with Crippen molar-refractivity contribution in [3.8, 4) is 0 Å². The first kappa shape index (κ1) is 8.87. The van der Waals surface area contributed by atoms with E-state index in [0.717, 1.165) is 31.3 Å². The molecule has 1 saturated heterocycles. The summed E-state index contributed by atoms with van der Waals surface area (Å²) in [6, 6.07) is 0. The van der Waals surface area contributed by atoms with Crippen LogP contribution in [0.15, 0.2) is 0 Å². The minimum atomic E-state index is -3.06. The van der Waals surface area contributed by atoms with Gasteiger partial charge in [-0.1, -0.05) is 6.42 Å². The molecule has 0 amide bonds. The lowest BCUT2D eigenvalue weighted by Crippen LogP contribution is -2.45. The Morgan fingerprint density at radius 2 is 1.73 bits per heavy atom. The number of nitrogens with zero attached hydrogens (tertiary/aromatic N) is 1. The fourth-order valence-corrected chi connectivity index (χ4v) is 1.28. The van der Waals surface area contributed by atoms with Crippen molar-refractivity contribution in [2.75, 3.05) is 20.2 Å². The van der Waals surface area contributed by atoms with Crippen LogP contribution in [0.25, 0.3) is 0 Å². The molecule has 0 aromatic carbocycles. The van der Waals surface area contributed by atoms with Gasteiger partial charge in [-0.15, -0.1) is 0 Å². The van der Waals surface area contributed by atoms with Crippen molar-refractivity contribution in [3.05, 3.63) is 0 Å². The van der Waals surface area contributed by atoms with Gasteiger partial charge in [0.15, 0.2) is 0 Å². The summed E-state index contributed by atoms with van der Waals surface area (Å²) in [6.45, 7) is 0.891. The summed E-state index contributed by atoms with van der Waals surface area (Å²) in [5, 5.41) is 0. The van der Waals surface area contributed by atoms with Gasteiger partial charge in [-0.2, -0.15) is 8.78 Å². The van der Waals surface area contributed by atoms with Gasteiger partial charge >= 0.3 is 6.23 Å². The molecule has 0 aliphatic carbocycles. The Morgan fingerprint density at radius 3 is 2.18 bits per heavy atom. The predicted molar refractivity (Wildman–Crippen MR) is 37.4 cm³/mol. The first-order chi connectivity index (χ1) is 5.17. The highest BCUT2D eigenvalue weighted by Gasteiger charge is 2.37. The van der Waals surface area contributed by atoms with E-state index < -0.39 is 6.23 Å². The Morgan fingerprint density at radius 1 is 1.18 bits per heavy atom. The number of halogens is 2. The van der Waals surface area contributed by atoms with Crippen molar-refractivity contribution in [3.63, 3.8) is 0 Å². The van der Waals surface area contributed by atoms with Crippen LogP contribution in [-0.2, 0) is 4.74 Å². The van der Waals surface area contributed by atoms with E-state index in [1.54, 1.807) is 0 Å². The Labute approximate surface area is 65.1 Å². The van der Waals surface area contributed by atoms with Crippen LogP contribution in [-0.4, -0.2) is 31.3 Å². The molecule has 1 fully saturated rings. The van der Waals surface area contributed by atoms with Gasteiger partial charge < -0.3 is 4.74 Å². The van der Waals surface area contributed by atoms with Crippen LogP contribution in [0, 0.1) is 0 Å². The number of likely N-dealkylation sites (tertiary alicyclic amines) is 1.